The van der Waals surface area contributed by atoms with Crippen molar-refractivity contribution in [3.63, 3.8) is 0 Å². The maximum absolute atomic E-state index is 12.1. The highest BCUT2D eigenvalue weighted by atomic mass is 16.5. The van der Waals surface area contributed by atoms with Crippen LogP contribution in [0, 0.1) is 13.8 Å². The highest BCUT2D eigenvalue weighted by Gasteiger charge is 2.18. The fourth-order valence-electron chi connectivity index (χ4n) is 2.99. The van der Waals surface area contributed by atoms with E-state index in [0.29, 0.717) is 6.54 Å². The summed E-state index contributed by atoms with van der Waals surface area (Å²) in [6.07, 6.45) is 7.38. The monoisotopic (exact) mass is 343 g/mol. The van der Waals surface area contributed by atoms with Gasteiger partial charge in [0, 0.05) is 6.54 Å². The first-order chi connectivity index (χ1) is 12.0. The third kappa shape index (κ3) is 6.37. The number of hydrogen-bond acceptors (Lipinski definition) is 3. The Kier molecular flexibility index (Phi) is 7.23. The summed E-state index contributed by atoms with van der Waals surface area (Å²) in [5.74, 6) is -0.606. The van der Waals surface area contributed by atoms with Crippen molar-refractivity contribution < 1.29 is 14.3 Å². The first-order valence-electron chi connectivity index (χ1n) is 9.17. The molecule has 0 spiro atoms. The molecule has 1 aliphatic rings. The van der Waals surface area contributed by atoms with Gasteiger partial charge in [-0.25, -0.2) is 0 Å². The third-order valence-corrected chi connectivity index (χ3v) is 4.73. The second-order valence-corrected chi connectivity index (χ2v) is 6.88. The molecule has 25 heavy (non-hydrogen) atoms. The summed E-state index contributed by atoms with van der Waals surface area (Å²) >= 11 is 0. The van der Waals surface area contributed by atoms with Gasteiger partial charge < -0.3 is 10.1 Å². The lowest BCUT2D eigenvalue weighted by molar-refractivity contribution is -0.154. The van der Waals surface area contributed by atoms with E-state index >= 15 is 0 Å². The Morgan fingerprint density at radius 2 is 2.00 bits per heavy atom. The smallest absolute Gasteiger partial charge is 0.311 e. The normalized spacial score (nSPS) is 15.2. The molecular weight excluding hydrogens is 314 g/mol. The second-order valence-electron chi connectivity index (χ2n) is 6.88. The molecule has 0 heterocycles. The number of allylic oxidation sites excluding steroid dienone is 1. The van der Waals surface area contributed by atoms with Gasteiger partial charge in [-0.2, -0.15) is 0 Å². The van der Waals surface area contributed by atoms with Crippen LogP contribution in [0.5, 0.6) is 0 Å². The number of amides is 1. The number of hydrogen-bond donors (Lipinski definition) is 1. The summed E-state index contributed by atoms with van der Waals surface area (Å²) in [6.45, 7) is 6.27. The molecule has 0 bridgehead atoms. The lowest BCUT2D eigenvalue weighted by atomic mass is 9.97. The van der Waals surface area contributed by atoms with Gasteiger partial charge in [-0.1, -0.05) is 29.8 Å². The van der Waals surface area contributed by atoms with Gasteiger partial charge in [-0.15, -0.1) is 0 Å². The van der Waals surface area contributed by atoms with Crippen LogP contribution in [0.3, 0.4) is 0 Å². The lowest BCUT2D eigenvalue weighted by Crippen LogP contribution is -2.36. The Balaban J connectivity index is 1.72. The molecule has 0 radical (unpaired) electrons. The molecule has 0 unspecified atom stereocenters. The van der Waals surface area contributed by atoms with Crippen LogP contribution < -0.4 is 5.32 Å². The number of ether oxygens (including phenoxy) is 1. The molecule has 1 aromatic carbocycles. The zero-order chi connectivity index (χ0) is 18.2. The first-order valence-corrected chi connectivity index (χ1v) is 9.17. The molecule has 0 fully saturated rings. The molecule has 2 rings (SSSR count). The fraction of sp³-hybridized carbons (Fsp3) is 0.524. The Morgan fingerprint density at radius 1 is 1.20 bits per heavy atom. The predicted octanol–water partition coefficient (Wildman–Crippen LogP) is 3.78. The van der Waals surface area contributed by atoms with Crippen molar-refractivity contribution in [3.05, 3.63) is 46.5 Å². The van der Waals surface area contributed by atoms with Gasteiger partial charge in [-0.05, 0) is 69.6 Å². The highest BCUT2D eigenvalue weighted by Crippen LogP contribution is 2.19. The van der Waals surface area contributed by atoms with Gasteiger partial charge in [0.05, 0.1) is 6.42 Å². The van der Waals surface area contributed by atoms with Gasteiger partial charge in [0.1, 0.15) is 0 Å². The average Bonchev–Trinajstić information content (AvgIpc) is 2.59. The van der Waals surface area contributed by atoms with Crippen LogP contribution in [0.1, 0.15) is 55.7 Å². The van der Waals surface area contributed by atoms with Crippen LogP contribution in [0.4, 0.5) is 0 Å². The Morgan fingerprint density at radius 3 is 2.68 bits per heavy atom. The molecule has 1 aromatic rings. The van der Waals surface area contributed by atoms with Gasteiger partial charge in [0.25, 0.3) is 5.91 Å². The van der Waals surface area contributed by atoms with E-state index < -0.39 is 6.10 Å². The number of aryl methyl sites for hydroxylation is 2. The molecule has 0 aliphatic heterocycles. The van der Waals surface area contributed by atoms with Crippen LogP contribution in [-0.4, -0.2) is 24.5 Å². The molecule has 0 aromatic heterocycles. The van der Waals surface area contributed by atoms with Crippen LogP contribution in [0.2, 0.25) is 0 Å². The van der Waals surface area contributed by atoms with Crippen molar-refractivity contribution in [1.29, 1.82) is 0 Å². The first kappa shape index (κ1) is 19.2. The lowest BCUT2D eigenvalue weighted by Gasteiger charge is -2.16. The van der Waals surface area contributed by atoms with Crippen molar-refractivity contribution in [2.75, 3.05) is 6.54 Å². The molecule has 1 atom stereocenters. The van der Waals surface area contributed by atoms with E-state index in [2.05, 4.69) is 11.4 Å². The molecule has 0 saturated heterocycles. The molecule has 1 amide bonds. The minimum absolute atomic E-state index is 0.186. The third-order valence-electron chi connectivity index (χ3n) is 4.73. The van der Waals surface area contributed by atoms with Crippen molar-refractivity contribution in [3.8, 4) is 0 Å². The van der Waals surface area contributed by atoms with Crippen molar-refractivity contribution >= 4 is 11.9 Å². The standard InChI is InChI=1S/C21H29NO3/c1-15-9-10-19(13-16(15)2)14-20(23)25-17(3)21(24)22-12-11-18-7-5-4-6-8-18/h7,9-10,13,17H,4-6,8,11-12,14H2,1-3H3,(H,22,24)/t17-/m1/s1. The maximum atomic E-state index is 12.1. The predicted molar refractivity (Wildman–Crippen MR) is 99.4 cm³/mol. The Hall–Kier alpha value is -2.10. The molecule has 4 nitrogen and oxygen atoms in total. The van der Waals surface area contributed by atoms with Gasteiger partial charge in [0.2, 0.25) is 0 Å². The van der Waals surface area contributed by atoms with Crippen molar-refractivity contribution in [1.82, 2.24) is 5.32 Å². The number of nitrogens with one attached hydrogen (secondary N) is 1. The van der Waals surface area contributed by atoms with E-state index in [-0.39, 0.29) is 18.3 Å². The molecule has 0 saturated carbocycles. The Bertz CT molecular complexity index is 649. The largest absolute Gasteiger partial charge is 0.452 e. The second kappa shape index (κ2) is 9.40. The molecule has 1 N–H and O–H groups in total. The van der Waals surface area contributed by atoms with Crippen molar-refractivity contribution in [2.24, 2.45) is 0 Å². The maximum Gasteiger partial charge on any atom is 0.311 e. The van der Waals surface area contributed by atoms with E-state index in [1.165, 1.54) is 24.0 Å². The van der Waals surface area contributed by atoms with Crippen LogP contribution in [-0.2, 0) is 20.7 Å². The minimum atomic E-state index is -0.764. The summed E-state index contributed by atoms with van der Waals surface area (Å²) < 4.78 is 5.26. The summed E-state index contributed by atoms with van der Waals surface area (Å²) in [5, 5.41) is 2.86. The highest BCUT2D eigenvalue weighted by molar-refractivity contribution is 5.83. The van der Waals surface area contributed by atoms with Crippen LogP contribution >= 0.6 is 0 Å². The van der Waals surface area contributed by atoms with E-state index in [1.54, 1.807) is 6.92 Å². The zero-order valence-corrected chi connectivity index (χ0v) is 15.6. The summed E-state index contributed by atoms with van der Waals surface area (Å²) in [4.78, 5) is 24.1. The van der Waals surface area contributed by atoms with Gasteiger partial charge in [-0.3, -0.25) is 9.59 Å². The quantitative estimate of drug-likeness (QED) is 0.605. The van der Waals surface area contributed by atoms with Crippen LogP contribution in [0.25, 0.3) is 0 Å². The zero-order valence-electron chi connectivity index (χ0n) is 15.6. The van der Waals surface area contributed by atoms with E-state index in [1.807, 2.05) is 32.0 Å². The number of esters is 1. The Labute approximate surface area is 150 Å². The summed E-state index contributed by atoms with van der Waals surface area (Å²) in [6, 6.07) is 5.90. The molecule has 1 aliphatic carbocycles. The topological polar surface area (TPSA) is 55.4 Å². The van der Waals surface area contributed by atoms with Crippen LogP contribution in [0.15, 0.2) is 29.8 Å². The fourth-order valence-corrected chi connectivity index (χ4v) is 2.99. The number of carbonyl (C=O) groups is 2. The molecule has 4 heteroatoms. The van der Waals surface area contributed by atoms with Gasteiger partial charge >= 0.3 is 5.97 Å². The van der Waals surface area contributed by atoms with E-state index in [9.17, 15) is 9.59 Å². The minimum Gasteiger partial charge on any atom is -0.452 e. The SMILES string of the molecule is Cc1ccc(CC(=O)O[C@H](C)C(=O)NCCC2=CCCCC2)cc1C. The summed E-state index contributed by atoms with van der Waals surface area (Å²) in [7, 11) is 0. The number of benzene rings is 1. The van der Waals surface area contributed by atoms with E-state index in [4.69, 9.17) is 4.74 Å². The summed E-state index contributed by atoms with van der Waals surface area (Å²) in [5.41, 5.74) is 4.67. The molecular formula is C21H29NO3. The van der Waals surface area contributed by atoms with E-state index in [0.717, 1.165) is 30.4 Å². The molecule has 136 valence electrons. The number of carbonyl (C=O) groups excluding carboxylic acids is 2. The van der Waals surface area contributed by atoms with Gasteiger partial charge in [0.15, 0.2) is 6.10 Å². The number of rotatable bonds is 7. The average molecular weight is 343 g/mol. The van der Waals surface area contributed by atoms with Crippen molar-refractivity contribution in [2.45, 2.75) is 65.4 Å².